The molecular weight excluding hydrogens is 781 g/mol. The Morgan fingerprint density at radius 3 is 2.35 bits per heavy atom. The van der Waals surface area contributed by atoms with Gasteiger partial charge in [-0.1, -0.05) is 40.8 Å². The van der Waals surface area contributed by atoms with E-state index >= 15 is 0 Å². The Kier molecular flexibility index (Phi) is 11.0. The van der Waals surface area contributed by atoms with Gasteiger partial charge in [0.05, 0.1) is 40.6 Å². The molecule has 0 aliphatic carbocycles. The molecule has 0 radical (unpaired) electrons. The molecular formula is C39H45BrFN3O9Si. The second-order valence-corrected chi connectivity index (χ2v) is 22.2. The van der Waals surface area contributed by atoms with Crippen molar-refractivity contribution in [2.45, 2.75) is 96.4 Å². The molecule has 4 aliphatic heterocycles. The van der Waals surface area contributed by atoms with E-state index in [-0.39, 0.29) is 75.9 Å². The second-order valence-electron chi connectivity index (χ2n) is 16.3. The highest BCUT2D eigenvalue weighted by atomic mass is 79.9. The van der Waals surface area contributed by atoms with E-state index in [2.05, 4.69) is 15.9 Å². The average molecular weight is 827 g/mol. The van der Waals surface area contributed by atoms with E-state index in [0.29, 0.717) is 17.0 Å². The molecule has 4 heterocycles. The second kappa shape index (κ2) is 14.6. The molecule has 0 spiro atoms. The van der Waals surface area contributed by atoms with Crippen LogP contribution < -0.4 is 4.90 Å². The number of allylic oxidation sites excluding steroid dienone is 2. The topological polar surface area (TPSA) is 143 Å². The number of hydrogen-bond acceptors (Lipinski definition) is 11. The normalized spacial score (nSPS) is 23.0. The van der Waals surface area contributed by atoms with E-state index in [4.69, 9.17) is 14.2 Å². The number of nitrogens with zero attached hydrogens (tertiary/aromatic N) is 3. The van der Waals surface area contributed by atoms with Crippen molar-refractivity contribution in [3.63, 3.8) is 0 Å². The van der Waals surface area contributed by atoms with Gasteiger partial charge in [0, 0.05) is 29.5 Å². The molecule has 12 nitrogen and oxygen atoms in total. The lowest BCUT2D eigenvalue weighted by atomic mass is 9.81. The number of likely N-dealkylation sites (tertiary alicyclic amines) is 1. The van der Waals surface area contributed by atoms with Crippen LogP contribution in [0.25, 0.3) is 5.57 Å². The van der Waals surface area contributed by atoms with Crippen molar-refractivity contribution in [2.24, 2.45) is 0 Å². The predicted molar refractivity (Wildman–Crippen MR) is 205 cm³/mol. The SMILES string of the molecule is CC[C@@]1(O)C(=C=O)OCC2=C1C=CN(CC1=C(Br)C(=C=O)c3cc(F)ccc3N1[C@H]1CN(C(=O)OC(C)(C)C)C[C@@H]1OC(=O)[Si](C)(C)C(C)(C)C)C2=C=O. The summed E-state index contributed by atoms with van der Waals surface area (Å²) >= 11 is 3.59. The van der Waals surface area contributed by atoms with Crippen LogP contribution >= 0.6 is 15.9 Å². The van der Waals surface area contributed by atoms with Crippen LogP contribution in [-0.2, 0) is 28.6 Å². The van der Waals surface area contributed by atoms with Crippen LogP contribution in [0.2, 0.25) is 18.1 Å². The molecule has 1 N–H and O–H groups in total. The molecule has 4 aliphatic rings. The molecule has 1 aromatic carbocycles. The van der Waals surface area contributed by atoms with Gasteiger partial charge in [-0.25, -0.2) is 23.6 Å². The van der Waals surface area contributed by atoms with Gasteiger partial charge < -0.3 is 34.0 Å². The van der Waals surface area contributed by atoms with E-state index in [1.165, 1.54) is 23.1 Å². The minimum atomic E-state index is -2.72. The fraction of sp³-hybridized carbons (Fsp3) is 0.487. The summed E-state index contributed by atoms with van der Waals surface area (Å²) in [5.74, 6) is 4.65. The van der Waals surface area contributed by atoms with Gasteiger partial charge in [-0.2, -0.15) is 0 Å². The standard InChI is InChI=1S/C39H45BrFN3O9Si/c1-10-39(50)27-13-14-42(31(20-46)26(27)22-51-33(39)21-47)17-30-34(40)25(19-45)24-15-23(41)11-12-28(24)44(30)29-16-43(35(48)53-37(2,3)4)18-32(29)52-36(49)54(8,9)38(5,6)7/h11-15,29,32,50H,10,16-18,22H2,1-9H3/t29-,32-,39-/m0/s1. The van der Waals surface area contributed by atoms with E-state index in [1.807, 2.05) is 45.7 Å². The predicted octanol–water partition coefficient (Wildman–Crippen LogP) is 6.41. The summed E-state index contributed by atoms with van der Waals surface area (Å²) in [7, 11) is -2.72. The summed E-state index contributed by atoms with van der Waals surface area (Å²) in [6.07, 6.45) is 1.64. The first-order chi connectivity index (χ1) is 25.1. The van der Waals surface area contributed by atoms with Gasteiger partial charge in [0.25, 0.3) is 5.59 Å². The molecule has 1 aromatic rings. The summed E-state index contributed by atoms with van der Waals surface area (Å²) in [5, 5.41) is 11.1. The summed E-state index contributed by atoms with van der Waals surface area (Å²) in [5.41, 5.74) is -1.47. The molecule has 3 atom stereocenters. The minimum absolute atomic E-state index is 0.00122. The fourth-order valence-corrected chi connectivity index (χ4v) is 8.35. The molecule has 1 fully saturated rings. The zero-order valence-electron chi connectivity index (χ0n) is 31.9. The summed E-state index contributed by atoms with van der Waals surface area (Å²) in [6, 6.07) is 3.15. The maximum atomic E-state index is 14.9. The van der Waals surface area contributed by atoms with E-state index in [1.54, 1.807) is 55.7 Å². The molecule has 5 rings (SSSR count). The van der Waals surface area contributed by atoms with Gasteiger partial charge in [0.1, 0.15) is 35.8 Å². The highest BCUT2D eigenvalue weighted by Crippen LogP contribution is 2.47. The number of halogens is 2. The Hall–Kier alpha value is -4.48. The van der Waals surface area contributed by atoms with Gasteiger partial charge in [-0.05, 0) is 72.4 Å². The quantitative estimate of drug-likeness (QED) is 0.251. The first kappa shape index (κ1) is 40.7. The number of carbonyl (C=O) groups excluding carboxylic acids is 5. The first-order valence-electron chi connectivity index (χ1n) is 17.6. The first-order valence-corrected chi connectivity index (χ1v) is 21.4. The van der Waals surface area contributed by atoms with Crippen molar-refractivity contribution in [3.05, 3.63) is 74.6 Å². The van der Waals surface area contributed by atoms with E-state index in [0.717, 1.165) is 0 Å². The Labute approximate surface area is 323 Å². The number of rotatable bonds is 6. The monoisotopic (exact) mass is 825 g/mol. The van der Waals surface area contributed by atoms with E-state index in [9.17, 15) is 33.5 Å². The van der Waals surface area contributed by atoms with Crippen LogP contribution in [0.4, 0.5) is 19.7 Å². The largest absolute Gasteiger partial charge is 0.479 e. The molecule has 1 saturated heterocycles. The lowest BCUT2D eigenvalue weighted by Gasteiger charge is -2.43. The van der Waals surface area contributed by atoms with Crippen LogP contribution in [0.3, 0.4) is 0 Å². The number of fused-ring (bicyclic) bond motifs is 1. The Morgan fingerprint density at radius 1 is 1.09 bits per heavy atom. The highest BCUT2D eigenvalue weighted by Gasteiger charge is 2.51. The number of aliphatic hydroxyl groups is 1. The third-order valence-corrected chi connectivity index (χ3v) is 16.5. The van der Waals surface area contributed by atoms with Crippen molar-refractivity contribution in [2.75, 3.05) is 31.1 Å². The van der Waals surface area contributed by atoms with Crippen LogP contribution in [-0.4, -0.2) is 102 Å². The minimum Gasteiger partial charge on any atom is -0.479 e. The fourth-order valence-electron chi connectivity index (χ4n) is 6.68. The van der Waals surface area contributed by atoms with Gasteiger partial charge in [0.15, 0.2) is 25.6 Å². The third kappa shape index (κ3) is 7.20. The molecule has 0 unspecified atom stereocenters. The van der Waals surface area contributed by atoms with Crippen LogP contribution in [0.1, 0.15) is 60.5 Å². The zero-order chi connectivity index (χ0) is 40.1. The van der Waals surface area contributed by atoms with Gasteiger partial charge in [0.2, 0.25) is 5.76 Å². The summed E-state index contributed by atoms with van der Waals surface area (Å²) < 4.78 is 32.7. The molecule has 15 heteroatoms. The van der Waals surface area contributed by atoms with Crippen LogP contribution in [0, 0.1) is 5.82 Å². The summed E-state index contributed by atoms with van der Waals surface area (Å²) in [6.45, 7) is 16.3. The maximum absolute atomic E-state index is 14.9. The van der Waals surface area contributed by atoms with Crippen molar-refractivity contribution < 1.29 is 47.7 Å². The van der Waals surface area contributed by atoms with Crippen molar-refractivity contribution in [1.82, 2.24) is 9.80 Å². The number of amides is 1. The number of anilines is 1. The molecule has 54 heavy (non-hydrogen) atoms. The van der Waals surface area contributed by atoms with Crippen LogP contribution in [0.5, 0.6) is 0 Å². The van der Waals surface area contributed by atoms with E-state index < -0.39 is 43.3 Å². The average Bonchev–Trinajstić information content (AvgIpc) is 3.50. The highest BCUT2D eigenvalue weighted by molar-refractivity contribution is 9.12. The Morgan fingerprint density at radius 2 is 1.78 bits per heavy atom. The van der Waals surface area contributed by atoms with Gasteiger partial charge in [-0.3, -0.25) is 4.79 Å². The number of benzene rings is 1. The Bertz CT molecular complexity index is 2030. The number of hydrogen-bond donors (Lipinski definition) is 1. The van der Waals surface area contributed by atoms with Crippen molar-refractivity contribution in [3.8, 4) is 0 Å². The molecule has 0 bridgehead atoms. The lowest BCUT2D eigenvalue weighted by Crippen LogP contribution is -2.52. The van der Waals surface area contributed by atoms with Crippen LogP contribution in [0.15, 0.2) is 63.3 Å². The summed E-state index contributed by atoms with van der Waals surface area (Å²) in [4.78, 5) is 69.4. The number of carbonyl (C=O) groups is 2. The van der Waals surface area contributed by atoms with Crippen molar-refractivity contribution in [1.29, 1.82) is 0 Å². The molecule has 1 amide bonds. The third-order valence-electron chi connectivity index (χ3n) is 10.7. The van der Waals surface area contributed by atoms with Gasteiger partial charge >= 0.3 is 6.09 Å². The molecule has 0 aromatic heterocycles. The van der Waals surface area contributed by atoms with Crippen molar-refractivity contribution >= 4 is 64.8 Å². The Balaban J connectivity index is 1.65. The molecule has 288 valence electrons. The maximum Gasteiger partial charge on any atom is 0.410 e. The van der Waals surface area contributed by atoms with Gasteiger partial charge in [-0.15, -0.1) is 0 Å². The number of ether oxygens (including phenoxy) is 3. The lowest BCUT2D eigenvalue weighted by molar-refractivity contribution is 0.0265. The zero-order valence-corrected chi connectivity index (χ0v) is 34.5. The molecule has 0 saturated carbocycles. The smallest absolute Gasteiger partial charge is 0.410 e.